The van der Waals surface area contributed by atoms with Gasteiger partial charge in [-0.1, -0.05) is 48.2 Å². The van der Waals surface area contributed by atoms with Crippen LogP contribution in [0, 0.1) is 0 Å². The topological polar surface area (TPSA) is 58.6 Å². The van der Waals surface area contributed by atoms with Gasteiger partial charge in [0.1, 0.15) is 10.9 Å². The van der Waals surface area contributed by atoms with E-state index < -0.39 is 0 Å². The summed E-state index contributed by atoms with van der Waals surface area (Å²) in [5.41, 5.74) is 3.21. The summed E-state index contributed by atoms with van der Waals surface area (Å²) < 4.78 is 5.46. The summed E-state index contributed by atoms with van der Waals surface area (Å²) in [6.07, 6.45) is 0.916. The predicted octanol–water partition coefficient (Wildman–Crippen LogP) is 3.53. The van der Waals surface area contributed by atoms with Crippen LogP contribution in [0.5, 0.6) is 0 Å². The fourth-order valence-corrected chi connectivity index (χ4v) is 5.24. The minimum Gasteiger partial charge on any atom is -0.379 e. The number of anilines is 1. The van der Waals surface area contributed by atoms with Crippen LogP contribution in [0.4, 0.5) is 5.69 Å². The average molecular weight is 435 g/mol. The average Bonchev–Trinajstić information content (AvgIpc) is 3.23. The molecule has 3 heterocycles. The molecule has 0 saturated carbocycles. The van der Waals surface area contributed by atoms with Gasteiger partial charge in [-0.2, -0.15) is 0 Å². The first-order valence-electron chi connectivity index (χ1n) is 10.8. The summed E-state index contributed by atoms with van der Waals surface area (Å²) in [6, 6.07) is 16.2. The fourth-order valence-electron chi connectivity index (χ4n) is 4.22. The van der Waals surface area contributed by atoms with E-state index in [9.17, 15) is 4.79 Å². The molecule has 2 aromatic carbocycles. The van der Waals surface area contributed by atoms with Crippen LogP contribution in [-0.2, 0) is 22.5 Å². The van der Waals surface area contributed by atoms with Gasteiger partial charge in [0.05, 0.1) is 30.5 Å². The molecular weight excluding hydrogens is 408 g/mol. The molecule has 1 aromatic heterocycles. The lowest BCUT2D eigenvalue weighted by Gasteiger charge is -2.26. The van der Waals surface area contributed by atoms with E-state index in [0.717, 1.165) is 66.7 Å². The molecule has 1 saturated heterocycles. The van der Waals surface area contributed by atoms with Crippen LogP contribution >= 0.6 is 11.8 Å². The first-order valence-corrected chi connectivity index (χ1v) is 11.7. The molecule has 0 spiro atoms. The third kappa shape index (κ3) is 4.31. The van der Waals surface area contributed by atoms with Crippen molar-refractivity contribution in [2.75, 3.05) is 37.7 Å². The molecule has 1 fully saturated rings. The smallest absolute Gasteiger partial charge is 0.240 e. The summed E-state index contributed by atoms with van der Waals surface area (Å²) in [5.74, 6) is 0.932. The van der Waals surface area contributed by atoms with Crippen molar-refractivity contribution in [3.05, 3.63) is 59.9 Å². The number of ether oxygens (including phenoxy) is 1. The molecule has 1 amide bonds. The quantitative estimate of drug-likeness (QED) is 0.452. The number of aromatic nitrogens is 2. The van der Waals surface area contributed by atoms with E-state index in [1.165, 1.54) is 17.3 Å². The van der Waals surface area contributed by atoms with E-state index >= 15 is 0 Å². The normalized spacial score (nSPS) is 17.6. The third-order valence-electron chi connectivity index (χ3n) is 5.87. The number of amides is 1. The zero-order valence-corrected chi connectivity index (χ0v) is 18.5. The number of benzene rings is 2. The Morgan fingerprint density at radius 1 is 1.06 bits per heavy atom. The van der Waals surface area contributed by atoms with Crippen molar-refractivity contribution in [1.82, 2.24) is 14.9 Å². The number of morpholine rings is 1. The molecule has 7 heteroatoms. The highest BCUT2D eigenvalue weighted by Gasteiger charge is 2.29. The highest BCUT2D eigenvalue weighted by Crippen LogP contribution is 2.33. The van der Waals surface area contributed by atoms with Gasteiger partial charge >= 0.3 is 0 Å². The second-order valence-corrected chi connectivity index (χ2v) is 9.31. The molecule has 6 nitrogen and oxygen atoms in total. The van der Waals surface area contributed by atoms with Gasteiger partial charge in [-0.15, -0.1) is 0 Å². The van der Waals surface area contributed by atoms with E-state index in [1.807, 2.05) is 54.3 Å². The molecule has 2 aliphatic rings. The number of hydrogen-bond acceptors (Lipinski definition) is 6. The minimum atomic E-state index is -0.235. The number of fused-ring (bicyclic) bond motifs is 2. The van der Waals surface area contributed by atoms with Gasteiger partial charge in [0.15, 0.2) is 0 Å². The molecule has 0 N–H and O–H groups in total. The van der Waals surface area contributed by atoms with Gasteiger partial charge < -0.3 is 9.64 Å². The second-order valence-electron chi connectivity index (χ2n) is 7.98. The summed E-state index contributed by atoms with van der Waals surface area (Å²) in [4.78, 5) is 27.2. The molecule has 0 radical (unpaired) electrons. The Morgan fingerprint density at radius 3 is 2.71 bits per heavy atom. The number of para-hydroxylation sites is 2. The van der Waals surface area contributed by atoms with Crippen molar-refractivity contribution >= 4 is 34.3 Å². The highest BCUT2D eigenvalue weighted by atomic mass is 32.2. The number of rotatable bonds is 5. The van der Waals surface area contributed by atoms with Gasteiger partial charge in [-0.05, 0) is 31.0 Å². The maximum atomic E-state index is 13.3. The van der Waals surface area contributed by atoms with E-state index in [-0.39, 0.29) is 11.2 Å². The number of carbonyl (C=O) groups excluding carboxylic acids is 1. The largest absolute Gasteiger partial charge is 0.379 e. The standard InChI is InChI=1S/C24H26N4O2S/c1-17(24(29)28-11-10-18-6-2-5-9-21(18)28)31-23-19-7-3-4-8-20(19)25-22(26-23)16-27-12-14-30-15-13-27/h2-9,17H,10-16H2,1H3/t17-/m1/s1. The monoisotopic (exact) mass is 434 g/mol. The number of hydrogen-bond donors (Lipinski definition) is 0. The predicted molar refractivity (Wildman–Crippen MR) is 123 cm³/mol. The summed E-state index contributed by atoms with van der Waals surface area (Å²) in [5, 5.41) is 1.64. The van der Waals surface area contributed by atoms with E-state index in [4.69, 9.17) is 14.7 Å². The zero-order valence-electron chi connectivity index (χ0n) is 17.7. The van der Waals surface area contributed by atoms with Crippen molar-refractivity contribution in [2.24, 2.45) is 0 Å². The van der Waals surface area contributed by atoms with Crippen LogP contribution in [0.2, 0.25) is 0 Å². The van der Waals surface area contributed by atoms with Crippen molar-refractivity contribution in [2.45, 2.75) is 30.2 Å². The van der Waals surface area contributed by atoms with Crippen molar-refractivity contribution < 1.29 is 9.53 Å². The Morgan fingerprint density at radius 2 is 1.84 bits per heavy atom. The minimum absolute atomic E-state index is 0.132. The maximum absolute atomic E-state index is 13.3. The summed E-state index contributed by atoms with van der Waals surface area (Å²) >= 11 is 1.53. The van der Waals surface area contributed by atoms with Crippen molar-refractivity contribution in [3.63, 3.8) is 0 Å². The fraction of sp³-hybridized carbons (Fsp3) is 0.375. The molecule has 160 valence electrons. The Labute approximate surface area is 186 Å². The first-order chi connectivity index (χ1) is 15.2. The van der Waals surface area contributed by atoms with Gasteiger partial charge in [0.25, 0.3) is 0 Å². The lowest BCUT2D eigenvalue weighted by molar-refractivity contribution is -0.117. The number of carbonyl (C=O) groups is 1. The third-order valence-corrected chi connectivity index (χ3v) is 6.96. The highest BCUT2D eigenvalue weighted by molar-refractivity contribution is 8.00. The van der Waals surface area contributed by atoms with E-state index in [1.54, 1.807) is 0 Å². The molecule has 1 atom stereocenters. The number of thioether (sulfide) groups is 1. The number of nitrogens with zero attached hydrogens (tertiary/aromatic N) is 4. The Hall–Kier alpha value is -2.48. The molecule has 2 aliphatic heterocycles. The molecule has 0 unspecified atom stereocenters. The second kappa shape index (κ2) is 8.94. The van der Waals surface area contributed by atoms with Crippen LogP contribution in [0.3, 0.4) is 0 Å². The first kappa shape index (κ1) is 20.4. The Kier molecular flexibility index (Phi) is 5.89. The lowest BCUT2D eigenvalue weighted by Crippen LogP contribution is -2.36. The van der Waals surface area contributed by atoms with Crippen molar-refractivity contribution in [1.29, 1.82) is 0 Å². The summed E-state index contributed by atoms with van der Waals surface area (Å²) in [7, 11) is 0. The van der Waals surface area contributed by atoms with Gasteiger partial charge in [0, 0.05) is 30.7 Å². The van der Waals surface area contributed by atoms with E-state index in [0.29, 0.717) is 6.54 Å². The van der Waals surface area contributed by atoms with Gasteiger partial charge in [-0.3, -0.25) is 9.69 Å². The van der Waals surface area contributed by atoms with Crippen LogP contribution < -0.4 is 4.90 Å². The zero-order chi connectivity index (χ0) is 21.2. The summed E-state index contributed by atoms with van der Waals surface area (Å²) in [6.45, 7) is 6.70. The van der Waals surface area contributed by atoms with Crippen LogP contribution in [0.15, 0.2) is 53.6 Å². The lowest BCUT2D eigenvalue weighted by atomic mass is 10.2. The van der Waals surface area contributed by atoms with Crippen LogP contribution in [0.1, 0.15) is 18.3 Å². The molecule has 31 heavy (non-hydrogen) atoms. The Bertz CT molecular complexity index is 1100. The molecule has 0 aliphatic carbocycles. The Balaban J connectivity index is 1.39. The van der Waals surface area contributed by atoms with Gasteiger partial charge in [-0.25, -0.2) is 9.97 Å². The van der Waals surface area contributed by atoms with Crippen molar-refractivity contribution in [3.8, 4) is 0 Å². The van der Waals surface area contributed by atoms with E-state index in [2.05, 4.69) is 11.0 Å². The van der Waals surface area contributed by atoms with Gasteiger partial charge in [0.2, 0.25) is 5.91 Å². The van der Waals surface area contributed by atoms with Crippen LogP contribution in [0.25, 0.3) is 10.9 Å². The molecular formula is C24H26N4O2S. The van der Waals surface area contributed by atoms with Crippen LogP contribution in [-0.4, -0.2) is 58.9 Å². The maximum Gasteiger partial charge on any atom is 0.240 e. The molecule has 0 bridgehead atoms. The molecule has 3 aromatic rings. The molecule has 5 rings (SSSR count). The SMILES string of the molecule is C[C@@H](Sc1nc(CN2CCOCC2)nc2ccccc12)C(=O)N1CCc2ccccc21.